The molecule has 1 unspecified atom stereocenters. The molecule has 0 radical (unpaired) electrons. The molecule has 30 heavy (non-hydrogen) atoms. The fourth-order valence-corrected chi connectivity index (χ4v) is 2.64. The van der Waals surface area contributed by atoms with Gasteiger partial charge in [-0.2, -0.15) is 17.6 Å². The Balaban J connectivity index is 1.91. The summed E-state index contributed by atoms with van der Waals surface area (Å²) >= 11 is 0. The molecule has 1 heterocycles. The zero-order chi connectivity index (χ0) is 22.5. The molecule has 9 nitrogen and oxygen atoms in total. The van der Waals surface area contributed by atoms with Crippen LogP contribution < -0.4 is 5.32 Å². The van der Waals surface area contributed by atoms with E-state index in [-0.39, 0.29) is 18.7 Å². The van der Waals surface area contributed by atoms with E-state index in [1.165, 1.54) is 4.90 Å². The summed E-state index contributed by atoms with van der Waals surface area (Å²) < 4.78 is 54.8. The van der Waals surface area contributed by atoms with Crippen molar-refractivity contribution in [2.75, 3.05) is 18.5 Å². The Morgan fingerprint density at radius 3 is 2.67 bits per heavy atom. The number of nitro groups is 1. The summed E-state index contributed by atoms with van der Waals surface area (Å²) in [6.45, 7) is -0.563. The largest absolute Gasteiger partial charge is 0.454 e. The van der Waals surface area contributed by atoms with Crippen molar-refractivity contribution in [2.24, 2.45) is 0 Å². The fourth-order valence-electron chi connectivity index (χ4n) is 2.64. The molecule has 0 aromatic heterocycles. The summed E-state index contributed by atoms with van der Waals surface area (Å²) in [5.74, 6) is -4.93. The molecule has 0 bridgehead atoms. The second kappa shape index (κ2) is 9.33. The van der Waals surface area contributed by atoms with Gasteiger partial charge in [-0.05, 0) is 25.0 Å². The van der Waals surface area contributed by atoms with E-state index < -0.39 is 52.9 Å². The fraction of sp³-hybridized carbons (Fsp3) is 0.353. The first-order valence-electron chi connectivity index (χ1n) is 8.44. The molecule has 1 aliphatic heterocycles. The van der Waals surface area contributed by atoms with E-state index in [0.717, 1.165) is 24.4 Å². The quantitative estimate of drug-likeness (QED) is 0.230. The monoisotopic (exact) mass is 433 g/mol. The number of allylic oxidation sites excluding steroid dienone is 1. The number of benzene rings is 1. The molecule has 1 saturated heterocycles. The molecule has 162 valence electrons. The molecule has 0 aliphatic carbocycles. The van der Waals surface area contributed by atoms with Gasteiger partial charge in [-0.25, -0.2) is 4.79 Å². The van der Waals surface area contributed by atoms with Crippen molar-refractivity contribution >= 4 is 29.0 Å². The van der Waals surface area contributed by atoms with Gasteiger partial charge in [0.1, 0.15) is 6.04 Å². The number of carbonyl (C=O) groups excluding carboxylic acids is 3. The zero-order valence-corrected chi connectivity index (χ0v) is 15.1. The number of likely N-dealkylation sites (tertiary alicyclic amines) is 1. The number of ketones is 1. The van der Waals surface area contributed by atoms with Crippen molar-refractivity contribution in [1.29, 1.82) is 0 Å². The molecular weight excluding hydrogens is 418 g/mol. The van der Waals surface area contributed by atoms with Crippen molar-refractivity contribution < 1.29 is 41.6 Å². The number of carbonyl (C=O) groups is 3. The van der Waals surface area contributed by atoms with E-state index in [1.807, 2.05) is 0 Å². The smallest absolute Gasteiger partial charge is 0.454 e. The maximum absolute atomic E-state index is 13.3. The maximum Gasteiger partial charge on any atom is 0.454 e. The lowest BCUT2D eigenvalue weighted by molar-refractivity contribution is -0.387. The van der Waals surface area contributed by atoms with Gasteiger partial charge < -0.3 is 15.0 Å². The van der Waals surface area contributed by atoms with Crippen LogP contribution in [0.1, 0.15) is 12.8 Å². The summed E-state index contributed by atoms with van der Waals surface area (Å²) in [5, 5.41) is 12.9. The molecule has 13 heteroatoms. The predicted octanol–water partition coefficient (Wildman–Crippen LogP) is 2.33. The van der Waals surface area contributed by atoms with Crippen LogP contribution in [-0.2, 0) is 19.1 Å². The molecule has 2 rings (SSSR count). The third-order valence-electron chi connectivity index (χ3n) is 4.04. The Kier molecular flexibility index (Phi) is 7.08. The Bertz CT molecular complexity index is 887. The van der Waals surface area contributed by atoms with Crippen molar-refractivity contribution in [2.45, 2.75) is 25.1 Å². The number of anilines is 1. The highest BCUT2D eigenvalue weighted by Gasteiger charge is 2.37. The predicted molar refractivity (Wildman–Crippen MR) is 92.6 cm³/mol. The summed E-state index contributed by atoms with van der Waals surface area (Å²) in [6, 6.07) is 1.67. The summed E-state index contributed by atoms with van der Waals surface area (Å²) in [6.07, 6.45) is -3.17. The Morgan fingerprint density at radius 2 is 2.03 bits per heavy atom. The van der Waals surface area contributed by atoms with Gasteiger partial charge >= 0.3 is 17.8 Å². The highest BCUT2D eigenvalue weighted by molar-refractivity contribution is 5.94. The van der Waals surface area contributed by atoms with Gasteiger partial charge in [-0.3, -0.25) is 19.7 Å². The van der Waals surface area contributed by atoms with Crippen LogP contribution in [0.4, 0.5) is 28.9 Å². The molecule has 1 aliphatic rings. The molecule has 1 N–H and O–H groups in total. The van der Waals surface area contributed by atoms with Crippen LogP contribution in [0.25, 0.3) is 0 Å². The normalized spacial score (nSPS) is 16.5. The molecule has 0 spiro atoms. The van der Waals surface area contributed by atoms with Gasteiger partial charge in [0.2, 0.25) is 5.82 Å². The van der Waals surface area contributed by atoms with E-state index >= 15 is 0 Å². The molecule has 1 amide bonds. The number of hydrogen-bond donors (Lipinski definition) is 1. The lowest BCUT2D eigenvalue weighted by Crippen LogP contribution is -2.35. The van der Waals surface area contributed by atoms with Gasteiger partial charge in [0.25, 0.3) is 11.7 Å². The topological polar surface area (TPSA) is 119 Å². The Hall–Kier alpha value is -3.51. The minimum Gasteiger partial charge on any atom is -0.454 e. The Labute approximate surface area is 166 Å². The molecule has 1 aromatic carbocycles. The number of halogens is 4. The molecule has 1 atom stereocenters. The van der Waals surface area contributed by atoms with Gasteiger partial charge in [0.15, 0.2) is 6.61 Å². The van der Waals surface area contributed by atoms with Crippen LogP contribution in [0.5, 0.6) is 0 Å². The number of nitrogens with zero attached hydrogens (tertiary/aromatic N) is 2. The molecule has 1 aromatic rings. The van der Waals surface area contributed by atoms with Crippen molar-refractivity contribution in [3.63, 3.8) is 0 Å². The average molecular weight is 433 g/mol. The van der Waals surface area contributed by atoms with Crippen LogP contribution in [0.15, 0.2) is 30.5 Å². The standard InChI is InChI=1S/C17H15F4N3O6/c18-11-4-3-10(8-13(11)24(28)29)22-15(26)9-30-16(27)12-2-1-6-23(12)7-5-14(25)17(19,20)21/h3-5,7-8,12H,1-2,6,9H2,(H,22,26)/b7-5+. The van der Waals surface area contributed by atoms with E-state index in [9.17, 15) is 42.1 Å². The molecule has 1 fully saturated rings. The average Bonchev–Trinajstić information content (AvgIpc) is 3.13. The number of esters is 1. The first kappa shape index (κ1) is 22.8. The number of ether oxygens (including phenoxy) is 1. The number of hydrogen-bond acceptors (Lipinski definition) is 7. The van der Waals surface area contributed by atoms with Crippen LogP contribution >= 0.6 is 0 Å². The molecule has 0 saturated carbocycles. The van der Waals surface area contributed by atoms with E-state index in [1.54, 1.807) is 0 Å². The van der Waals surface area contributed by atoms with Gasteiger partial charge in [-0.15, -0.1) is 0 Å². The van der Waals surface area contributed by atoms with Crippen molar-refractivity contribution in [3.8, 4) is 0 Å². The van der Waals surface area contributed by atoms with Gasteiger partial charge in [-0.1, -0.05) is 0 Å². The van der Waals surface area contributed by atoms with E-state index in [0.29, 0.717) is 12.5 Å². The second-order valence-corrected chi connectivity index (χ2v) is 6.15. The third-order valence-corrected chi connectivity index (χ3v) is 4.04. The SMILES string of the molecule is O=C(COC(=O)C1CCCN1/C=C/C(=O)C(F)(F)F)Nc1ccc(F)c([N+](=O)[O-])c1. The van der Waals surface area contributed by atoms with Crippen LogP contribution in [0.2, 0.25) is 0 Å². The first-order valence-corrected chi connectivity index (χ1v) is 8.44. The van der Waals surface area contributed by atoms with Crippen LogP contribution in [0, 0.1) is 15.9 Å². The molecular formula is C17H15F4N3O6. The highest BCUT2D eigenvalue weighted by atomic mass is 19.4. The third kappa shape index (κ3) is 5.99. The number of rotatable bonds is 7. The second-order valence-electron chi connectivity index (χ2n) is 6.15. The minimum absolute atomic E-state index is 0.0970. The van der Waals surface area contributed by atoms with E-state index in [4.69, 9.17) is 4.74 Å². The maximum atomic E-state index is 13.3. The summed E-state index contributed by atoms with van der Waals surface area (Å²) in [4.78, 5) is 45.8. The van der Waals surface area contributed by atoms with Crippen molar-refractivity contribution in [1.82, 2.24) is 4.90 Å². The van der Waals surface area contributed by atoms with Crippen LogP contribution in [0.3, 0.4) is 0 Å². The Morgan fingerprint density at radius 1 is 1.33 bits per heavy atom. The summed E-state index contributed by atoms with van der Waals surface area (Å²) in [5.41, 5.74) is -0.952. The zero-order valence-electron chi connectivity index (χ0n) is 15.1. The lowest BCUT2D eigenvalue weighted by atomic mass is 10.2. The van der Waals surface area contributed by atoms with Gasteiger partial charge in [0.05, 0.1) is 4.92 Å². The number of nitrogens with one attached hydrogen (secondary N) is 1. The van der Waals surface area contributed by atoms with Gasteiger partial charge in [0, 0.05) is 30.6 Å². The lowest BCUT2D eigenvalue weighted by Gasteiger charge is -2.21. The summed E-state index contributed by atoms with van der Waals surface area (Å²) in [7, 11) is 0. The number of alkyl halides is 3. The minimum atomic E-state index is -5.03. The van der Waals surface area contributed by atoms with E-state index in [2.05, 4.69) is 5.32 Å². The number of amides is 1. The highest BCUT2D eigenvalue weighted by Crippen LogP contribution is 2.22. The number of nitro benzene ring substituents is 1. The first-order chi connectivity index (χ1) is 14.0. The van der Waals surface area contributed by atoms with Crippen LogP contribution in [-0.4, -0.2) is 52.9 Å². The van der Waals surface area contributed by atoms with Crippen molar-refractivity contribution in [3.05, 3.63) is 46.4 Å².